The number of amides is 1. The first-order valence-corrected chi connectivity index (χ1v) is 12.7. The van der Waals surface area contributed by atoms with Gasteiger partial charge < -0.3 is 14.4 Å². The average molecular weight is 448 g/mol. The molecule has 0 aliphatic carbocycles. The van der Waals surface area contributed by atoms with Crippen LogP contribution < -0.4 is 0 Å². The predicted molar refractivity (Wildman–Crippen MR) is 125 cm³/mol. The maximum atomic E-state index is 11.7. The lowest BCUT2D eigenvalue weighted by Gasteiger charge is -2.15. The van der Waals surface area contributed by atoms with Gasteiger partial charge in [-0.3, -0.25) is 4.79 Å². The SMILES string of the molecule is CCCCCCCCCCCCCCCCCCOC(=O)CN(C)C(=O)OCCCl. The zero-order chi connectivity index (χ0) is 22.3. The van der Waals surface area contributed by atoms with Gasteiger partial charge in [-0.05, 0) is 6.42 Å². The average Bonchev–Trinajstić information content (AvgIpc) is 2.74. The Morgan fingerprint density at radius 3 is 1.53 bits per heavy atom. The van der Waals surface area contributed by atoms with Gasteiger partial charge in [-0.2, -0.15) is 0 Å². The van der Waals surface area contributed by atoms with Crippen LogP contribution in [0.5, 0.6) is 0 Å². The number of carbonyl (C=O) groups is 2. The minimum Gasteiger partial charge on any atom is -0.464 e. The van der Waals surface area contributed by atoms with Crippen LogP contribution in [0.3, 0.4) is 0 Å². The lowest BCUT2D eigenvalue weighted by atomic mass is 10.0. The number of unbranched alkanes of at least 4 members (excludes halogenated alkanes) is 15. The topological polar surface area (TPSA) is 55.8 Å². The van der Waals surface area contributed by atoms with E-state index in [-0.39, 0.29) is 19.0 Å². The summed E-state index contributed by atoms with van der Waals surface area (Å²) in [6, 6.07) is 0. The molecule has 6 heteroatoms. The first kappa shape index (κ1) is 29.0. The Kier molecular flexibility index (Phi) is 22.0. The van der Waals surface area contributed by atoms with Crippen LogP contribution in [0.1, 0.15) is 110 Å². The van der Waals surface area contributed by atoms with Crippen molar-refractivity contribution >= 4 is 23.7 Å². The second kappa shape index (κ2) is 22.7. The van der Waals surface area contributed by atoms with Crippen LogP contribution in [0.2, 0.25) is 0 Å². The molecule has 0 bridgehead atoms. The van der Waals surface area contributed by atoms with Crippen LogP contribution in [0.15, 0.2) is 0 Å². The summed E-state index contributed by atoms with van der Waals surface area (Å²) in [5.41, 5.74) is 0. The van der Waals surface area contributed by atoms with E-state index in [0.717, 1.165) is 12.8 Å². The van der Waals surface area contributed by atoms with Crippen molar-refractivity contribution in [3.63, 3.8) is 0 Å². The maximum absolute atomic E-state index is 11.7. The highest BCUT2D eigenvalue weighted by Crippen LogP contribution is 2.13. The Hall–Kier alpha value is -0.970. The number of hydrogen-bond acceptors (Lipinski definition) is 4. The number of halogens is 1. The number of ether oxygens (including phenoxy) is 2. The molecule has 1 amide bonds. The lowest BCUT2D eigenvalue weighted by molar-refractivity contribution is -0.144. The minimum absolute atomic E-state index is 0.0972. The van der Waals surface area contributed by atoms with Crippen LogP contribution in [-0.4, -0.2) is 49.6 Å². The predicted octanol–water partition coefficient (Wildman–Crippen LogP) is 7.10. The van der Waals surface area contributed by atoms with Crippen LogP contribution in [0, 0.1) is 0 Å². The van der Waals surface area contributed by atoms with Gasteiger partial charge in [-0.25, -0.2) is 4.79 Å². The van der Waals surface area contributed by atoms with Crippen LogP contribution in [0.4, 0.5) is 4.79 Å². The number of nitrogens with zero attached hydrogens (tertiary/aromatic N) is 1. The highest BCUT2D eigenvalue weighted by molar-refractivity contribution is 6.18. The van der Waals surface area contributed by atoms with Gasteiger partial charge in [0.05, 0.1) is 12.5 Å². The van der Waals surface area contributed by atoms with Gasteiger partial charge in [0, 0.05) is 7.05 Å². The van der Waals surface area contributed by atoms with E-state index < -0.39 is 12.1 Å². The van der Waals surface area contributed by atoms with Gasteiger partial charge in [0.25, 0.3) is 0 Å². The quantitative estimate of drug-likeness (QED) is 0.107. The van der Waals surface area contributed by atoms with E-state index in [2.05, 4.69) is 6.92 Å². The van der Waals surface area contributed by atoms with Crippen molar-refractivity contribution in [3.8, 4) is 0 Å². The Bertz CT molecular complexity index is 407. The summed E-state index contributed by atoms with van der Waals surface area (Å²) in [7, 11) is 1.51. The molecule has 0 aromatic rings. The molecule has 0 heterocycles. The molecule has 0 radical (unpaired) electrons. The van der Waals surface area contributed by atoms with E-state index in [4.69, 9.17) is 21.1 Å². The third-order valence-electron chi connectivity index (χ3n) is 5.24. The Balaban J connectivity index is 3.29. The third kappa shape index (κ3) is 20.3. The van der Waals surface area contributed by atoms with Crippen molar-refractivity contribution in [3.05, 3.63) is 0 Å². The highest BCUT2D eigenvalue weighted by atomic mass is 35.5. The fraction of sp³-hybridized carbons (Fsp3) is 0.917. The summed E-state index contributed by atoms with van der Waals surface area (Å²) in [4.78, 5) is 24.4. The molecule has 0 spiro atoms. The Morgan fingerprint density at radius 1 is 0.667 bits per heavy atom. The van der Waals surface area contributed by atoms with Crippen molar-refractivity contribution in [2.24, 2.45) is 0 Å². The molecule has 0 saturated heterocycles. The molecule has 0 saturated carbocycles. The summed E-state index contributed by atoms with van der Waals surface area (Å²) in [5.74, 6) is -0.162. The van der Waals surface area contributed by atoms with Crippen LogP contribution >= 0.6 is 11.6 Å². The summed E-state index contributed by atoms with van der Waals surface area (Å²) in [6.45, 7) is 2.73. The molecule has 0 aliphatic rings. The van der Waals surface area contributed by atoms with E-state index in [1.54, 1.807) is 0 Å². The highest BCUT2D eigenvalue weighted by Gasteiger charge is 2.14. The van der Waals surface area contributed by atoms with E-state index in [1.165, 1.54) is 102 Å². The standard InChI is InChI=1S/C24H46ClNO4/c1-3-4-5-6-7-8-9-10-11-12-13-14-15-16-17-18-20-29-23(27)22-26(2)24(28)30-21-19-25/h3-22H2,1-2H3. The molecule has 0 aromatic heterocycles. The number of carbonyl (C=O) groups excluding carboxylic acids is 2. The molecule has 0 aliphatic heterocycles. The molecule has 0 unspecified atom stereocenters. The smallest absolute Gasteiger partial charge is 0.410 e. The molecule has 0 atom stereocenters. The molecule has 0 N–H and O–H groups in total. The number of hydrogen-bond donors (Lipinski definition) is 0. The zero-order valence-electron chi connectivity index (χ0n) is 19.6. The first-order chi connectivity index (χ1) is 14.6. The Labute approximate surface area is 190 Å². The first-order valence-electron chi connectivity index (χ1n) is 12.2. The number of esters is 1. The summed E-state index contributed by atoms with van der Waals surface area (Å²) in [6.07, 6.45) is 20.5. The van der Waals surface area contributed by atoms with Gasteiger partial charge in [0.15, 0.2) is 0 Å². The van der Waals surface area contributed by atoms with Gasteiger partial charge >= 0.3 is 12.1 Å². The van der Waals surface area contributed by atoms with Gasteiger partial charge in [-0.1, -0.05) is 103 Å². The van der Waals surface area contributed by atoms with Crippen molar-refractivity contribution in [1.29, 1.82) is 0 Å². The van der Waals surface area contributed by atoms with Gasteiger partial charge in [0.2, 0.25) is 0 Å². The molecular formula is C24H46ClNO4. The van der Waals surface area contributed by atoms with E-state index in [1.807, 2.05) is 0 Å². The monoisotopic (exact) mass is 447 g/mol. The lowest BCUT2D eigenvalue weighted by Crippen LogP contribution is -2.33. The number of rotatable bonds is 21. The van der Waals surface area contributed by atoms with Crippen molar-refractivity contribution < 1.29 is 19.1 Å². The van der Waals surface area contributed by atoms with Crippen molar-refractivity contribution in [1.82, 2.24) is 4.90 Å². The minimum atomic E-state index is -0.560. The summed E-state index contributed by atoms with van der Waals surface area (Å²) < 4.78 is 10.0. The normalized spacial score (nSPS) is 10.8. The van der Waals surface area contributed by atoms with E-state index in [0.29, 0.717) is 6.61 Å². The van der Waals surface area contributed by atoms with Crippen molar-refractivity contribution in [2.75, 3.05) is 32.7 Å². The second-order valence-corrected chi connectivity index (χ2v) is 8.56. The fourth-order valence-corrected chi connectivity index (χ4v) is 3.45. The molecule has 30 heavy (non-hydrogen) atoms. The fourth-order valence-electron chi connectivity index (χ4n) is 3.38. The van der Waals surface area contributed by atoms with Crippen molar-refractivity contribution in [2.45, 2.75) is 110 Å². The summed E-state index contributed by atoms with van der Waals surface area (Å²) in [5, 5.41) is 0. The van der Waals surface area contributed by atoms with Crippen LogP contribution in [-0.2, 0) is 14.3 Å². The molecule has 0 aromatic carbocycles. The number of alkyl halides is 1. The Morgan fingerprint density at radius 2 is 1.10 bits per heavy atom. The largest absolute Gasteiger partial charge is 0.464 e. The van der Waals surface area contributed by atoms with E-state index in [9.17, 15) is 9.59 Å². The molecule has 0 fully saturated rings. The number of likely N-dealkylation sites (N-methyl/N-ethyl adjacent to an activating group) is 1. The van der Waals surface area contributed by atoms with Gasteiger partial charge in [-0.15, -0.1) is 11.6 Å². The maximum Gasteiger partial charge on any atom is 0.410 e. The molecule has 0 rings (SSSR count). The zero-order valence-corrected chi connectivity index (χ0v) is 20.4. The molecule has 178 valence electrons. The molecular weight excluding hydrogens is 402 g/mol. The van der Waals surface area contributed by atoms with Crippen LogP contribution in [0.25, 0.3) is 0 Å². The molecule has 5 nitrogen and oxygen atoms in total. The second-order valence-electron chi connectivity index (χ2n) is 8.18. The third-order valence-corrected chi connectivity index (χ3v) is 5.40. The van der Waals surface area contributed by atoms with Gasteiger partial charge in [0.1, 0.15) is 13.2 Å². The summed E-state index contributed by atoms with van der Waals surface area (Å²) >= 11 is 5.45. The van der Waals surface area contributed by atoms with E-state index >= 15 is 0 Å².